The van der Waals surface area contributed by atoms with E-state index in [0.29, 0.717) is 17.1 Å². The summed E-state index contributed by atoms with van der Waals surface area (Å²) in [5, 5.41) is 4.39. The largest absolute Gasteiger partial charge is 0.417 e. The Bertz CT molecular complexity index is 1020. The Morgan fingerprint density at radius 3 is 2.65 bits per heavy atom. The first-order chi connectivity index (χ1) is 12.4. The lowest BCUT2D eigenvalue weighted by atomic mass is 10.1. The second kappa shape index (κ2) is 6.29. The minimum Gasteiger partial charge on any atom is -0.300 e. The van der Waals surface area contributed by atoms with E-state index in [1.807, 2.05) is 5.38 Å². The van der Waals surface area contributed by atoms with Crippen LogP contribution < -0.4 is 10.4 Å². The van der Waals surface area contributed by atoms with Gasteiger partial charge in [0.15, 0.2) is 5.82 Å². The molecule has 0 saturated carbocycles. The topological polar surface area (TPSA) is 53.9 Å². The van der Waals surface area contributed by atoms with Gasteiger partial charge in [-0.3, -0.25) is 10.4 Å². The molecular formula is C16H10F3N5S2. The first-order valence-electron chi connectivity index (χ1n) is 7.32. The highest BCUT2D eigenvalue weighted by Crippen LogP contribution is 2.34. The fourth-order valence-electron chi connectivity index (χ4n) is 2.44. The van der Waals surface area contributed by atoms with Crippen molar-refractivity contribution in [1.29, 1.82) is 0 Å². The number of hydrogen-bond donors (Lipinski definition) is 2. The van der Waals surface area contributed by atoms with Crippen molar-refractivity contribution < 1.29 is 13.2 Å². The van der Waals surface area contributed by atoms with Crippen molar-refractivity contribution in [2.24, 2.45) is 0 Å². The lowest BCUT2D eigenvalue weighted by Gasteiger charge is -2.23. The van der Waals surface area contributed by atoms with Gasteiger partial charge in [-0.2, -0.15) is 13.2 Å². The van der Waals surface area contributed by atoms with Crippen molar-refractivity contribution in [1.82, 2.24) is 20.4 Å². The van der Waals surface area contributed by atoms with E-state index >= 15 is 0 Å². The maximum atomic E-state index is 12.6. The number of rotatable bonds is 2. The fourth-order valence-corrected chi connectivity index (χ4v) is 3.64. The SMILES string of the molecule is FC(F)(F)c1ccc(C2=CNN(c3ncnc4scc(S)c34)C=C2)nc1. The number of alkyl halides is 3. The molecule has 0 aromatic carbocycles. The molecule has 1 aliphatic rings. The number of thiophene rings is 1. The number of aromatic nitrogens is 3. The summed E-state index contributed by atoms with van der Waals surface area (Å²) in [4.78, 5) is 14.0. The molecule has 10 heteroatoms. The predicted octanol–water partition coefficient (Wildman–Crippen LogP) is 4.27. The van der Waals surface area contributed by atoms with E-state index in [-0.39, 0.29) is 0 Å². The van der Waals surface area contributed by atoms with Crippen LogP contribution in [0, 0.1) is 0 Å². The molecule has 5 nitrogen and oxygen atoms in total. The standard InChI is InChI=1S/C16H10F3N5S2/c17-16(18,19)10-1-2-11(20-6-10)9-3-4-24(23-5-9)14-13-12(25)7-26-15(13)22-8-21-14/h1-8,23,25H. The zero-order chi connectivity index (χ0) is 18.3. The lowest BCUT2D eigenvalue weighted by molar-refractivity contribution is -0.137. The molecule has 1 N–H and O–H groups in total. The van der Waals surface area contributed by atoms with E-state index < -0.39 is 11.7 Å². The zero-order valence-corrected chi connectivity index (χ0v) is 14.6. The average molecular weight is 393 g/mol. The third-order valence-corrected chi connectivity index (χ3v) is 5.12. The number of hydrogen-bond acceptors (Lipinski definition) is 7. The van der Waals surface area contributed by atoms with Crippen LogP contribution in [0.1, 0.15) is 11.3 Å². The smallest absolute Gasteiger partial charge is 0.300 e. The summed E-state index contributed by atoms with van der Waals surface area (Å²) in [6.07, 6.45) is 3.00. The molecule has 4 rings (SSSR count). The first kappa shape index (κ1) is 16.9. The molecule has 0 aliphatic carbocycles. The number of allylic oxidation sites excluding steroid dienone is 2. The van der Waals surface area contributed by atoms with Crippen LogP contribution in [0.15, 0.2) is 53.4 Å². The van der Waals surface area contributed by atoms with Crippen LogP contribution in [-0.4, -0.2) is 15.0 Å². The number of halogens is 3. The minimum absolute atomic E-state index is 0.430. The van der Waals surface area contributed by atoms with Crippen molar-refractivity contribution in [2.75, 3.05) is 5.01 Å². The predicted molar refractivity (Wildman–Crippen MR) is 96.6 cm³/mol. The van der Waals surface area contributed by atoms with Gasteiger partial charge in [0.1, 0.15) is 11.2 Å². The van der Waals surface area contributed by atoms with Gasteiger partial charge in [0.25, 0.3) is 0 Å². The van der Waals surface area contributed by atoms with Crippen LogP contribution in [0.3, 0.4) is 0 Å². The number of nitrogens with zero attached hydrogens (tertiary/aromatic N) is 4. The zero-order valence-electron chi connectivity index (χ0n) is 12.9. The fraction of sp³-hybridized carbons (Fsp3) is 0.0625. The van der Waals surface area contributed by atoms with E-state index in [9.17, 15) is 13.2 Å². The van der Waals surface area contributed by atoms with E-state index in [4.69, 9.17) is 0 Å². The van der Waals surface area contributed by atoms with Gasteiger partial charge in [0.2, 0.25) is 0 Å². The monoisotopic (exact) mass is 393 g/mol. The van der Waals surface area contributed by atoms with E-state index in [2.05, 4.69) is 33.0 Å². The molecule has 0 radical (unpaired) electrons. The van der Waals surface area contributed by atoms with Crippen LogP contribution in [0.2, 0.25) is 0 Å². The first-order valence-corrected chi connectivity index (χ1v) is 8.65. The van der Waals surface area contributed by atoms with Gasteiger partial charge in [0, 0.05) is 34.4 Å². The van der Waals surface area contributed by atoms with Gasteiger partial charge in [0.05, 0.1) is 16.6 Å². The van der Waals surface area contributed by atoms with Crippen LogP contribution >= 0.6 is 24.0 Å². The van der Waals surface area contributed by atoms with Crippen molar-refractivity contribution >= 4 is 45.6 Å². The lowest BCUT2D eigenvalue weighted by Crippen LogP contribution is -2.32. The summed E-state index contributed by atoms with van der Waals surface area (Å²) in [6, 6.07) is 2.35. The Morgan fingerprint density at radius 1 is 1.15 bits per heavy atom. The van der Waals surface area contributed by atoms with E-state index in [0.717, 1.165) is 27.4 Å². The molecule has 132 valence electrons. The second-order valence-corrected chi connectivity index (χ2v) is 6.68. The Kier molecular flexibility index (Phi) is 4.08. The molecule has 0 spiro atoms. The third-order valence-electron chi connectivity index (χ3n) is 3.71. The average Bonchev–Trinajstić information content (AvgIpc) is 3.03. The molecule has 0 amide bonds. The molecule has 1 aliphatic heterocycles. The van der Waals surface area contributed by atoms with E-state index in [1.54, 1.807) is 23.5 Å². The number of thiol groups is 1. The molecule has 26 heavy (non-hydrogen) atoms. The minimum atomic E-state index is -4.40. The van der Waals surface area contributed by atoms with Gasteiger partial charge in [-0.05, 0) is 18.2 Å². The van der Waals surface area contributed by atoms with Crippen molar-refractivity contribution in [2.45, 2.75) is 11.1 Å². The quantitative estimate of drug-likeness (QED) is 0.637. The maximum absolute atomic E-state index is 12.6. The summed E-state index contributed by atoms with van der Waals surface area (Å²) in [7, 11) is 0. The van der Waals surface area contributed by atoms with Gasteiger partial charge in [-0.25, -0.2) is 15.0 Å². The summed E-state index contributed by atoms with van der Waals surface area (Å²) in [5.74, 6) is 0.633. The molecule has 0 atom stereocenters. The summed E-state index contributed by atoms with van der Waals surface area (Å²) in [6.45, 7) is 0. The van der Waals surface area contributed by atoms with Crippen LogP contribution in [0.25, 0.3) is 15.8 Å². The molecule has 3 aromatic heterocycles. The van der Waals surface area contributed by atoms with Gasteiger partial charge in [-0.1, -0.05) is 0 Å². The highest BCUT2D eigenvalue weighted by Gasteiger charge is 2.30. The van der Waals surface area contributed by atoms with Gasteiger partial charge >= 0.3 is 6.18 Å². The Labute approximate surface area is 155 Å². The van der Waals surface area contributed by atoms with Crippen molar-refractivity contribution in [3.05, 3.63) is 59.8 Å². The van der Waals surface area contributed by atoms with Crippen LogP contribution in [0.5, 0.6) is 0 Å². The Balaban J connectivity index is 1.59. The molecule has 3 aromatic rings. The third kappa shape index (κ3) is 3.01. The maximum Gasteiger partial charge on any atom is 0.417 e. The molecule has 0 fully saturated rings. The molecular weight excluding hydrogens is 383 g/mol. The molecule has 0 unspecified atom stereocenters. The molecule has 4 heterocycles. The highest BCUT2D eigenvalue weighted by atomic mass is 32.1. The normalized spacial score (nSPS) is 14.5. The summed E-state index contributed by atoms with van der Waals surface area (Å²) in [5.41, 5.74) is 3.34. The van der Waals surface area contributed by atoms with Crippen molar-refractivity contribution in [3.8, 4) is 0 Å². The number of nitrogens with one attached hydrogen (secondary N) is 1. The Hall–Kier alpha value is -2.59. The van der Waals surface area contributed by atoms with Gasteiger partial charge in [-0.15, -0.1) is 24.0 Å². The number of pyridine rings is 1. The van der Waals surface area contributed by atoms with Crippen LogP contribution in [0.4, 0.5) is 19.0 Å². The summed E-state index contributed by atoms with van der Waals surface area (Å²) < 4.78 is 37.9. The van der Waals surface area contributed by atoms with Crippen LogP contribution in [-0.2, 0) is 6.18 Å². The van der Waals surface area contributed by atoms with Crippen molar-refractivity contribution in [3.63, 3.8) is 0 Å². The van der Waals surface area contributed by atoms with Gasteiger partial charge < -0.3 is 0 Å². The highest BCUT2D eigenvalue weighted by molar-refractivity contribution is 7.80. The number of hydrazine groups is 1. The Morgan fingerprint density at radius 2 is 2.00 bits per heavy atom. The number of fused-ring (bicyclic) bond motifs is 1. The molecule has 0 saturated heterocycles. The van der Waals surface area contributed by atoms with E-state index in [1.165, 1.54) is 23.7 Å². The molecule has 0 bridgehead atoms. The second-order valence-electron chi connectivity index (χ2n) is 5.34. The number of anilines is 1. The summed E-state index contributed by atoms with van der Waals surface area (Å²) >= 11 is 5.90.